The minimum absolute atomic E-state index is 0.0179. The molecule has 1 heterocycles. The van der Waals surface area contributed by atoms with Gasteiger partial charge in [0.1, 0.15) is 5.82 Å². The van der Waals surface area contributed by atoms with Crippen LogP contribution in [0.1, 0.15) is 30.5 Å². The van der Waals surface area contributed by atoms with E-state index in [9.17, 15) is 4.39 Å². The van der Waals surface area contributed by atoms with Gasteiger partial charge in [0.05, 0.1) is 18.8 Å². The lowest BCUT2D eigenvalue weighted by Crippen LogP contribution is -2.33. The maximum atomic E-state index is 13.0. The average molecular weight is 195 g/mol. The molecule has 14 heavy (non-hydrogen) atoms. The topological polar surface area (TPSA) is 35.2 Å². The Morgan fingerprint density at radius 2 is 2.36 bits per heavy atom. The Balaban J connectivity index is 2.38. The molecular weight excluding hydrogens is 181 g/mol. The molecule has 0 spiro atoms. The predicted molar refractivity (Wildman–Crippen MR) is 52.2 cm³/mol. The number of hydrogen-bond donors (Lipinski definition) is 1. The van der Waals surface area contributed by atoms with Gasteiger partial charge < -0.3 is 10.5 Å². The largest absolute Gasteiger partial charge is 0.372 e. The highest BCUT2D eigenvalue weighted by atomic mass is 19.1. The van der Waals surface area contributed by atoms with E-state index in [2.05, 4.69) is 0 Å². The summed E-state index contributed by atoms with van der Waals surface area (Å²) in [6.45, 7) is 2.57. The molecule has 0 saturated carbocycles. The van der Waals surface area contributed by atoms with Crippen molar-refractivity contribution in [1.82, 2.24) is 0 Å². The molecule has 0 amide bonds. The molecule has 2 atom stereocenters. The van der Waals surface area contributed by atoms with E-state index in [0.717, 1.165) is 17.5 Å². The van der Waals surface area contributed by atoms with Crippen molar-refractivity contribution in [1.29, 1.82) is 0 Å². The maximum Gasteiger partial charge on any atom is 0.123 e. The van der Waals surface area contributed by atoms with Crippen molar-refractivity contribution in [3.8, 4) is 0 Å². The smallest absolute Gasteiger partial charge is 0.123 e. The number of rotatable bonds is 1. The van der Waals surface area contributed by atoms with E-state index >= 15 is 0 Å². The second-order valence-electron chi connectivity index (χ2n) is 3.63. The molecular formula is C11H14FNO. The third-order valence-corrected chi connectivity index (χ3v) is 2.72. The lowest BCUT2D eigenvalue weighted by molar-refractivity contribution is 0.00666. The summed E-state index contributed by atoms with van der Waals surface area (Å²) in [6, 6.07) is 4.52. The molecule has 1 aliphatic heterocycles. The van der Waals surface area contributed by atoms with Crippen molar-refractivity contribution in [3.05, 3.63) is 35.1 Å². The summed E-state index contributed by atoms with van der Waals surface area (Å²) in [4.78, 5) is 0. The van der Waals surface area contributed by atoms with Crippen LogP contribution in [0.25, 0.3) is 0 Å². The van der Waals surface area contributed by atoms with Crippen molar-refractivity contribution < 1.29 is 9.13 Å². The molecule has 76 valence electrons. The van der Waals surface area contributed by atoms with Gasteiger partial charge in [-0.05, 0) is 29.7 Å². The molecule has 0 saturated heterocycles. The van der Waals surface area contributed by atoms with Gasteiger partial charge in [-0.25, -0.2) is 4.39 Å². The minimum Gasteiger partial charge on any atom is -0.372 e. The van der Waals surface area contributed by atoms with E-state index in [1.807, 2.05) is 6.92 Å². The van der Waals surface area contributed by atoms with Crippen LogP contribution in [0, 0.1) is 5.82 Å². The first kappa shape index (κ1) is 9.62. The van der Waals surface area contributed by atoms with Crippen molar-refractivity contribution in [2.24, 2.45) is 5.73 Å². The van der Waals surface area contributed by atoms with Gasteiger partial charge in [-0.15, -0.1) is 0 Å². The van der Waals surface area contributed by atoms with Gasteiger partial charge in [-0.1, -0.05) is 13.0 Å². The number of ether oxygens (including phenoxy) is 1. The van der Waals surface area contributed by atoms with Crippen LogP contribution in [0.2, 0.25) is 0 Å². The van der Waals surface area contributed by atoms with Crippen LogP contribution in [0.15, 0.2) is 18.2 Å². The second kappa shape index (κ2) is 3.67. The van der Waals surface area contributed by atoms with Gasteiger partial charge in [0.25, 0.3) is 0 Å². The SMILES string of the molecule is CC[C@@H]1OCc2ccc(F)cc2C1N. The van der Waals surface area contributed by atoms with E-state index in [1.165, 1.54) is 12.1 Å². The summed E-state index contributed by atoms with van der Waals surface area (Å²) < 4.78 is 18.6. The molecule has 1 aliphatic rings. The first-order valence-electron chi connectivity index (χ1n) is 4.88. The van der Waals surface area contributed by atoms with E-state index in [4.69, 9.17) is 10.5 Å². The van der Waals surface area contributed by atoms with Gasteiger partial charge in [-0.2, -0.15) is 0 Å². The van der Waals surface area contributed by atoms with Crippen molar-refractivity contribution in [2.75, 3.05) is 0 Å². The highest BCUT2D eigenvalue weighted by Gasteiger charge is 2.26. The Hall–Kier alpha value is -0.930. The standard InChI is InChI=1S/C11H14FNO/c1-2-10-11(13)9-5-8(12)4-3-7(9)6-14-10/h3-5,10-11H,2,6,13H2,1H3/t10-,11?/m0/s1. The van der Waals surface area contributed by atoms with Crippen LogP contribution < -0.4 is 5.73 Å². The summed E-state index contributed by atoms with van der Waals surface area (Å²) in [5.74, 6) is -0.226. The Kier molecular flexibility index (Phi) is 2.52. The zero-order valence-corrected chi connectivity index (χ0v) is 8.16. The predicted octanol–water partition coefficient (Wildman–Crippen LogP) is 2.13. The molecule has 1 aromatic rings. The number of nitrogens with two attached hydrogens (primary N) is 1. The summed E-state index contributed by atoms with van der Waals surface area (Å²) in [5, 5.41) is 0. The molecule has 2 nitrogen and oxygen atoms in total. The van der Waals surface area contributed by atoms with E-state index in [1.54, 1.807) is 6.07 Å². The van der Waals surface area contributed by atoms with Crippen LogP contribution in [-0.4, -0.2) is 6.10 Å². The molecule has 2 rings (SSSR count). The van der Waals surface area contributed by atoms with Crippen LogP contribution in [0.3, 0.4) is 0 Å². The van der Waals surface area contributed by atoms with Crippen LogP contribution in [-0.2, 0) is 11.3 Å². The molecule has 0 aromatic heterocycles. The first-order chi connectivity index (χ1) is 6.72. The Morgan fingerprint density at radius 3 is 3.07 bits per heavy atom. The fraction of sp³-hybridized carbons (Fsp3) is 0.455. The Labute approximate surface area is 82.9 Å². The average Bonchev–Trinajstić information content (AvgIpc) is 2.20. The number of fused-ring (bicyclic) bond motifs is 1. The first-order valence-corrected chi connectivity index (χ1v) is 4.88. The van der Waals surface area contributed by atoms with E-state index in [0.29, 0.717) is 6.61 Å². The fourth-order valence-corrected chi connectivity index (χ4v) is 1.88. The summed E-state index contributed by atoms with van der Waals surface area (Å²) >= 11 is 0. The van der Waals surface area contributed by atoms with Crippen molar-refractivity contribution in [3.63, 3.8) is 0 Å². The number of halogens is 1. The fourth-order valence-electron chi connectivity index (χ4n) is 1.88. The van der Waals surface area contributed by atoms with Gasteiger partial charge in [-0.3, -0.25) is 0 Å². The molecule has 0 bridgehead atoms. The van der Waals surface area contributed by atoms with E-state index in [-0.39, 0.29) is 18.0 Å². The molecule has 2 N–H and O–H groups in total. The molecule has 0 aliphatic carbocycles. The monoisotopic (exact) mass is 195 g/mol. The van der Waals surface area contributed by atoms with Crippen molar-refractivity contribution in [2.45, 2.75) is 32.1 Å². The molecule has 1 aromatic carbocycles. The van der Waals surface area contributed by atoms with Crippen molar-refractivity contribution >= 4 is 0 Å². The zero-order chi connectivity index (χ0) is 10.1. The summed E-state index contributed by atoms with van der Waals surface area (Å²) in [5.41, 5.74) is 7.87. The quantitative estimate of drug-likeness (QED) is 0.745. The third-order valence-electron chi connectivity index (χ3n) is 2.72. The molecule has 0 fully saturated rings. The Bertz CT molecular complexity index is 340. The highest BCUT2D eigenvalue weighted by molar-refractivity contribution is 5.32. The van der Waals surface area contributed by atoms with Crippen LogP contribution in [0.5, 0.6) is 0 Å². The van der Waals surface area contributed by atoms with Gasteiger partial charge >= 0.3 is 0 Å². The number of benzene rings is 1. The van der Waals surface area contributed by atoms with Gasteiger partial charge in [0.2, 0.25) is 0 Å². The Morgan fingerprint density at radius 1 is 1.57 bits per heavy atom. The number of hydrogen-bond acceptors (Lipinski definition) is 2. The zero-order valence-electron chi connectivity index (χ0n) is 8.16. The lowest BCUT2D eigenvalue weighted by atomic mass is 9.93. The van der Waals surface area contributed by atoms with Crippen LogP contribution >= 0.6 is 0 Å². The summed E-state index contributed by atoms with van der Waals surface area (Å²) in [7, 11) is 0. The summed E-state index contributed by atoms with van der Waals surface area (Å²) in [6.07, 6.45) is 0.876. The molecule has 1 unspecified atom stereocenters. The minimum atomic E-state index is -0.226. The maximum absolute atomic E-state index is 13.0. The van der Waals surface area contributed by atoms with Gasteiger partial charge in [0.15, 0.2) is 0 Å². The normalized spacial score (nSPS) is 25.9. The molecule has 3 heteroatoms. The second-order valence-corrected chi connectivity index (χ2v) is 3.63. The molecule has 0 radical (unpaired) electrons. The van der Waals surface area contributed by atoms with Crippen LogP contribution in [0.4, 0.5) is 4.39 Å². The lowest BCUT2D eigenvalue weighted by Gasteiger charge is -2.30. The van der Waals surface area contributed by atoms with E-state index < -0.39 is 0 Å². The third kappa shape index (κ3) is 1.53. The highest BCUT2D eigenvalue weighted by Crippen LogP contribution is 2.29. The van der Waals surface area contributed by atoms with Gasteiger partial charge in [0, 0.05) is 0 Å².